The Bertz CT molecular complexity index is 838. The van der Waals surface area contributed by atoms with Crippen LogP contribution < -0.4 is 10.6 Å². The number of piperazine rings is 1. The Morgan fingerprint density at radius 2 is 1.85 bits per heavy atom. The minimum atomic E-state index is 0. The zero-order valence-electron chi connectivity index (χ0n) is 14.3. The fraction of sp³-hybridized carbons (Fsp3) is 0.294. The van der Waals surface area contributed by atoms with Crippen LogP contribution in [0.5, 0.6) is 0 Å². The van der Waals surface area contributed by atoms with Crippen LogP contribution in [0.2, 0.25) is 0 Å². The highest BCUT2D eigenvalue weighted by molar-refractivity contribution is 14.0. The Hall–Kier alpha value is -2.43. The van der Waals surface area contributed by atoms with Crippen LogP contribution in [0.1, 0.15) is 5.69 Å². The molecule has 2 N–H and O–H groups in total. The summed E-state index contributed by atoms with van der Waals surface area (Å²) < 4.78 is 1.99. The highest BCUT2D eigenvalue weighted by Crippen LogP contribution is 2.10. The van der Waals surface area contributed by atoms with Gasteiger partial charge in [0, 0.05) is 51.0 Å². The van der Waals surface area contributed by atoms with Crippen molar-refractivity contribution in [2.45, 2.75) is 6.54 Å². The molecule has 0 amide bonds. The average Bonchev–Trinajstić information content (AvgIpc) is 3.10. The van der Waals surface area contributed by atoms with Gasteiger partial charge in [-0.05, 0) is 18.2 Å². The lowest BCUT2D eigenvalue weighted by Gasteiger charge is -2.35. The summed E-state index contributed by atoms with van der Waals surface area (Å²) in [5.41, 5.74) is 7.99. The number of halogens is 1. The Balaban J connectivity index is 0.00000196. The number of imidazole rings is 1. The molecule has 1 saturated heterocycles. The van der Waals surface area contributed by atoms with Gasteiger partial charge in [-0.1, -0.05) is 6.07 Å². The van der Waals surface area contributed by atoms with E-state index in [0.717, 1.165) is 43.5 Å². The van der Waals surface area contributed by atoms with E-state index in [4.69, 9.17) is 5.73 Å². The number of rotatable bonds is 3. The molecule has 0 unspecified atom stereocenters. The van der Waals surface area contributed by atoms with Crippen molar-refractivity contribution >= 4 is 41.5 Å². The standard InChI is InChI=1S/C17H20N8.HI/c18-16(21-12-14-13-25-7-2-1-4-15(25)22-14)23-8-10-24(11-9-23)17-19-5-3-6-20-17;/h1-7,13H,8-12H2,(H2,18,21);1H. The lowest BCUT2D eigenvalue weighted by atomic mass is 10.3. The highest BCUT2D eigenvalue weighted by atomic mass is 127. The van der Waals surface area contributed by atoms with Crippen molar-refractivity contribution in [1.29, 1.82) is 0 Å². The average molecular weight is 464 g/mol. The molecule has 4 heterocycles. The van der Waals surface area contributed by atoms with Gasteiger partial charge in [0.1, 0.15) is 5.65 Å². The number of guanidine groups is 1. The monoisotopic (exact) mass is 464 g/mol. The van der Waals surface area contributed by atoms with Gasteiger partial charge in [0.25, 0.3) is 0 Å². The van der Waals surface area contributed by atoms with E-state index in [-0.39, 0.29) is 24.0 Å². The zero-order chi connectivity index (χ0) is 17.1. The Labute approximate surface area is 168 Å². The Kier molecular flexibility index (Phi) is 5.86. The van der Waals surface area contributed by atoms with Crippen LogP contribution in [-0.4, -0.2) is 56.4 Å². The normalized spacial score (nSPS) is 15.2. The van der Waals surface area contributed by atoms with Crippen LogP contribution in [0.15, 0.2) is 54.0 Å². The number of hydrogen-bond acceptors (Lipinski definition) is 5. The van der Waals surface area contributed by atoms with Gasteiger partial charge in [-0.15, -0.1) is 24.0 Å². The lowest BCUT2D eigenvalue weighted by molar-refractivity contribution is 0.378. The first-order valence-electron chi connectivity index (χ1n) is 8.29. The van der Waals surface area contributed by atoms with Crippen molar-refractivity contribution in [3.05, 3.63) is 54.7 Å². The summed E-state index contributed by atoms with van der Waals surface area (Å²) in [6.07, 6.45) is 7.49. The molecule has 4 rings (SSSR count). The van der Waals surface area contributed by atoms with E-state index in [1.807, 2.05) is 41.1 Å². The van der Waals surface area contributed by atoms with Gasteiger partial charge in [0.15, 0.2) is 5.96 Å². The van der Waals surface area contributed by atoms with Crippen LogP contribution in [0, 0.1) is 0 Å². The van der Waals surface area contributed by atoms with Gasteiger partial charge in [-0.2, -0.15) is 0 Å². The van der Waals surface area contributed by atoms with Crippen LogP contribution in [-0.2, 0) is 6.54 Å². The predicted molar refractivity (Wildman–Crippen MR) is 112 cm³/mol. The zero-order valence-corrected chi connectivity index (χ0v) is 16.6. The molecule has 0 atom stereocenters. The second-order valence-electron chi connectivity index (χ2n) is 5.90. The summed E-state index contributed by atoms with van der Waals surface area (Å²) in [4.78, 5) is 21.9. The molecular weight excluding hydrogens is 443 g/mol. The second-order valence-corrected chi connectivity index (χ2v) is 5.90. The second kappa shape index (κ2) is 8.30. The fourth-order valence-electron chi connectivity index (χ4n) is 2.92. The number of anilines is 1. The van der Waals surface area contributed by atoms with Crippen LogP contribution in [0.25, 0.3) is 5.65 Å². The fourth-order valence-corrected chi connectivity index (χ4v) is 2.92. The molecule has 0 spiro atoms. The summed E-state index contributed by atoms with van der Waals surface area (Å²) in [7, 11) is 0. The van der Waals surface area contributed by atoms with Crippen LogP contribution in [0.3, 0.4) is 0 Å². The van der Waals surface area contributed by atoms with Gasteiger partial charge >= 0.3 is 0 Å². The molecule has 0 saturated carbocycles. The third-order valence-electron chi connectivity index (χ3n) is 4.26. The number of pyridine rings is 1. The number of nitrogens with zero attached hydrogens (tertiary/aromatic N) is 7. The highest BCUT2D eigenvalue weighted by Gasteiger charge is 2.19. The molecule has 8 nitrogen and oxygen atoms in total. The topological polar surface area (TPSA) is 87.9 Å². The Morgan fingerprint density at radius 1 is 1.08 bits per heavy atom. The van der Waals surface area contributed by atoms with Gasteiger partial charge in [-0.25, -0.2) is 19.9 Å². The third-order valence-corrected chi connectivity index (χ3v) is 4.26. The molecule has 9 heteroatoms. The molecule has 0 aliphatic carbocycles. The van der Waals surface area contributed by atoms with Crippen LogP contribution in [0.4, 0.5) is 5.95 Å². The van der Waals surface area contributed by atoms with Crippen molar-refractivity contribution in [2.24, 2.45) is 10.7 Å². The van der Waals surface area contributed by atoms with Gasteiger partial charge in [0.05, 0.1) is 12.2 Å². The van der Waals surface area contributed by atoms with Crippen molar-refractivity contribution < 1.29 is 0 Å². The first kappa shape index (κ1) is 18.4. The number of aliphatic imine (C=N–C) groups is 1. The van der Waals surface area contributed by atoms with E-state index in [1.165, 1.54) is 0 Å². The first-order chi connectivity index (χ1) is 12.3. The quantitative estimate of drug-likeness (QED) is 0.358. The SMILES string of the molecule is I.NC(=NCc1cn2ccccc2n1)N1CCN(c2ncccn2)CC1. The van der Waals surface area contributed by atoms with Crippen molar-refractivity contribution in [3.63, 3.8) is 0 Å². The van der Waals surface area contributed by atoms with E-state index in [9.17, 15) is 0 Å². The minimum absolute atomic E-state index is 0. The smallest absolute Gasteiger partial charge is 0.225 e. The van der Waals surface area contributed by atoms with Gasteiger partial charge in [-0.3, -0.25) is 0 Å². The number of hydrogen-bond donors (Lipinski definition) is 1. The molecule has 1 fully saturated rings. The van der Waals surface area contributed by atoms with E-state index in [1.54, 1.807) is 12.4 Å². The molecule has 3 aromatic heterocycles. The van der Waals surface area contributed by atoms with E-state index in [2.05, 4.69) is 29.7 Å². The van der Waals surface area contributed by atoms with Crippen molar-refractivity contribution in [1.82, 2.24) is 24.3 Å². The van der Waals surface area contributed by atoms with Crippen molar-refractivity contribution in [3.8, 4) is 0 Å². The molecule has 0 aromatic carbocycles. The minimum Gasteiger partial charge on any atom is -0.370 e. The Morgan fingerprint density at radius 3 is 2.58 bits per heavy atom. The van der Waals surface area contributed by atoms with E-state index < -0.39 is 0 Å². The third kappa shape index (κ3) is 4.03. The number of nitrogens with two attached hydrogens (primary N) is 1. The maximum atomic E-state index is 6.17. The largest absolute Gasteiger partial charge is 0.370 e. The maximum Gasteiger partial charge on any atom is 0.225 e. The summed E-state index contributed by atoms with van der Waals surface area (Å²) in [6.45, 7) is 3.75. The molecule has 0 radical (unpaired) electrons. The molecule has 26 heavy (non-hydrogen) atoms. The first-order valence-corrected chi connectivity index (χ1v) is 8.29. The van der Waals surface area contributed by atoms with Gasteiger partial charge in [0.2, 0.25) is 5.95 Å². The van der Waals surface area contributed by atoms with Gasteiger partial charge < -0.3 is 19.9 Å². The van der Waals surface area contributed by atoms with Crippen LogP contribution >= 0.6 is 24.0 Å². The molecular formula is C17H21IN8. The molecule has 0 bridgehead atoms. The molecule has 136 valence electrons. The van der Waals surface area contributed by atoms with Crippen molar-refractivity contribution in [2.75, 3.05) is 31.1 Å². The summed E-state index contributed by atoms with van der Waals surface area (Å²) in [5.74, 6) is 1.33. The predicted octanol–water partition coefficient (Wildman–Crippen LogP) is 1.38. The summed E-state index contributed by atoms with van der Waals surface area (Å²) in [5, 5.41) is 0. The van der Waals surface area contributed by atoms with E-state index >= 15 is 0 Å². The maximum absolute atomic E-state index is 6.17. The molecule has 3 aromatic rings. The number of aromatic nitrogens is 4. The van der Waals surface area contributed by atoms with E-state index in [0.29, 0.717) is 12.5 Å². The molecule has 1 aliphatic rings. The molecule has 1 aliphatic heterocycles. The lowest BCUT2D eigenvalue weighted by Crippen LogP contribution is -2.51. The number of fused-ring (bicyclic) bond motifs is 1. The summed E-state index contributed by atoms with van der Waals surface area (Å²) in [6, 6.07) is 7.75. The summed E-state index contributed by atoms with van der Waals surface area (Å²) >= 11 is 0.